The second kappa shape index (κ2) is 4.34. The minimum Gasteiger partial charge on any atom is -0.381 e. The van der Waals surface area contributed by atoms with Crippen LogP contribution in [-0.4, -0.2) is 38.9 Å². The van der Waals surface area contributed by atoms with E-state index in [1.807, 2.05) is 0 Å². The molecular formula is C20H32N2O. The molecule has 0 bridgehead atoms. The monoisotopic (exact) mass is 316 g/mol. The molecule has 0 radical (unpaired) electrons. The minimum absolute atomic E-state index is 0.595. The van der Waals surface area contributed by atoms with Crippen molar-refractivity contribution < 1.29 is 4.74 Å². The zero-order chi connectivity index (χ0) is 15.4. The van der Waals surface area contributed by atoms with Gasteiger partial charge in [0.2, 0.25) is 0 Å². The van der Waals surface area contributed by atoms with E-state index in [9.17, 15) is 0 Å². The Balaban J connectivity index is 1.21. The van der Waals surface area contributed by atoms with Crippen LogP contribution in [0.1, 0.15) is 33.1 Å². The van der Waals surface area contributed by atoms with E-state index >= 15 is 0 Å². The molecule has 3 nitrogen and oxygen atoms in total. The largest absolute Gasteiger partial charge is 0.381 e. The molecule has 6 fully saturated rings. The third-order valence-corrected chi connectivity index (χ3v) is 9.64. The molecule has 3 saturated heterocycles. The van der Waals surface area contributed by atoms with Gasteiger partial charge in [-0.1, -0.05) is 13.8 Å². The van der Waals surface area contributed by atoms with Crippen LogP contribution in [0.4, 0.5) is 0 Å². The Morgan fingerprint density at radius 1 is 1.17 bits per heavy atom. The summed E-state index contributed by atoms with van der Waals surface area (Å²) >= 11 is 0. The molecule has 1 spiro atoms. The highest BCUT2D eigenvalue weighted by molar-refractivity contribution is 5.26. The number of fused-ring (bicyclic) bond motifs is 2. The smallest absolute Gasteiger partial charge is 0.0505 e. The van der Waals surface area contributed by atoms with Crippen LogP contribution >= 0.6 is 0 Å². The van der Waals surface area contributed by atoms with E-state index in [0.717, 1.165) is 60.7 Å². The second-order valence-electron chi connectivity index (χ2n) is 10.0. The quantitative estimate of drug-likeness (QED) is 0.837. The highest BCUT2D eigenvalue weighted by Gasteiger charge is 2.77. The summed E-state index contributed by atoms with van der Waals surface area (Å²) in [5.74, 6) is 6.76. The molecule has 3 heterocycles. The summed E-state index contributed by atoms with van der Waals surface area (Å²) in [7, 11) is 0. The Hall–Kier alpha value is -0.120. The standard InChI is InChI=1S/C20H32N2O/c1-11-6-19(11)3-4-23-9-17(19)20-10-22-16(18(20)12(20)2)5-13-14-7-21-8-15(13)14/h11-18,21-22H,3-10H2,1-2H3. The van der Waals surface area contributed by atoms with E-state index in [2.05, 4.69) is 24.5 Å². The molecule has 3 heteroatoms. The number of piperidine rings is 2. The molecule has 3 aliphatic heterocycles. The van der Waals surface area contributed by atoms with E-state index in [1.165, 1.54) is 38.9 Å². The first-order valence-corrected chi connectivity index (χ1v) is 10.2. The third-order valence-electron chi connectivity index (χ3n) is 9.64. The van der Waals surface area contributed by atoms with Crippen molar-refractivity contribution >= 4 is 0 Å². The topological polar surface area (TPSA) is 33.3 Å². The number of hydrogen-bond donors (Lipinski definition) is 2. The van der Waals surface area contributed by atoms with Gasteiger partial charge in [0.05, 0.1) is 6.61 Å². The van der Waals surface area contributed by atoms with Crippen LogP contribution in [0, 0.1) is 52.3 Å². The average Bonchev–Trinajstić information content (AvgIpc) is 3.37. The van der Waals surface area contributed by atoms with Crippen LogP contribution in [0.25, 0.3) is 0 Å². The van der Waals surface area contributed by atoms with E-state index < -0.39 is 0 Å². The highest BCUT2D eigenvalue weighted by Crippen LogP contribution is 2.77. The zero-order valence-corrected chi connectivity index (χ0v) is 14.7. The van der Waals surface area contributed by atoms with Gasteiger partial charge in [0, 0.05) is 19.2 Å². The molecule has 3 saturated carbocycles. The Labute approximate surface area is 140 Å². The number of ether oxygens (including phenoxy) is 1. The zero-order valence-electron chi connectivity index (χ0n) is 14.7. The van der Waals surface area contributed by atoms with E-state index in [0.29, 0.717) is 10.8 Å². The van der Waals surface area contributed by atoms with E-state index in [-0.39, 0.29) is 0 Å². The molecule has 6 rings (SSSR count). The van der Waals surface area contributed by atoms with E-state index in [4.69, 9.17) is 4.74 Å². The molecule has 2 N–H and O–H groups in total. The third kappa shape index (κ3) is 1.63. The van der Waals surface area contributed by atoms with Crippen LogP contribution in [0.2, 0.25) is 0 Å². The maximum atomic E-state index is 6.01. The first-order chi connectivity index (χ1) is 11.2. The Morgan fingerprint density at radius 3 is 2.65 bits per heavy atom. The second-order valence-corrected chi connectivity index (χ2v) is 10.0. The Bertz CT molecular complexity index is 528. The lowest BCUT2D eigenvalue weighted by molar-refractivity contribution is -0.0356. The molecule has 3 aliphatic carbocycles. The summed E-state index contributed by atoms with van der Waals surface area (Å²) < 4.78 is 6.01. The van der Waals surface area contributed by atoms with Gasteiger partial charge in [0.25, 0.3) is 0 Å². The normalized spacial score (nSPS) is 65.5. The maximum Gasteiger partial charge on any atom is 0.0505 e. The van der Waals surface area contributed by atoms with Crippen molar-refractivity contribution in [2.24, 2.45) is 52.3 Å². The SMILES string of the molecule is CC1CC12CCOCC2C12CNC(CC3C4CNCC43)C1C2C. The molecule has 0 amide bonds. The van der Waals surface area contributed by atoms with Gasteiger partial charge in [-0.15, -0.1) is 0 Å². The predicted octanol–water partition coefficient (Wildman–Crippen LogP) is 2.13. The number of rotatable bonds is 3. The maximum absolute atomic E-state index is 6.01. The molecular weight excluding hydrogens is 284 g/mol. The van der Waals surface area contributed by atoms with Crippen molar-refractivity contribution in [3.63, 3.8) is 0 Å². The fraction of sp³-hybridized carbons (Fsp3) is 1.00. The van der Waals surface area contributed by atoms with Crippen LogP contribution in [-0.2, 0) is 4.74 Å². The minimum atomic E-state index is 0.595. The van der Waals surface area contributed by atoms with Crippen molar-refractivity contribution in [3.05, 3.63) is 0 Å². The van der Waals surface area contributed by atoms with Crippen molar-refractivity contribution in [2.75, 3.05) is 32.8 Å². The van der Waals surface area contributed by atoms with Gasteiger partial charge in [0.15, 0.2) is 0 Å². The fourth-order valence-corrected chi connectivity index (χ4v) is 8.06. The molecule has 128 valence electrons. The molecule has 9 atom stereocenters. The van der Waals surface area contributed by atoms with Crippen LogP contribution in [0.15, 0.2) is 0 Å². The van der Waals surface area contributed by atoms with E-state index in [1.54, 1.807) is 0 Å². The summed E-state index contributed by atoms with van der Waals surface area (Å²) in [5.41, 5.74) is 1.26. The molecule has 0 aromatic carbocycles. The number of hydrogen-bond acceptors (Lipinski definition) is 3. The molecule has 0 aromatic heterocycles. The van der Waals surface area contributed by atoms with Crippen molar-refractivity contribution in [3.8, 4) is 0 Å². The summed E-state index contributed by atoms with van der Waals surface area (Å²) in [5, 5.41) is 7.54. The van der Waals surface area contributed by atoms with Crippen LogP contribution in [0.5, 0.6) is 0 Å². The highest BCUT2D eigenvalue weighted by atomic mass is 16.5. The molecule has 9 unspecified atom stereocenters. The summed E-state index contributed by atoms with van der Waals surface area (Å²) in [6.07, 6.45) is 4.28. The fourth-order valence-electron chi connectivity index (χ4n) is 8.06. The van der Waals surface area contributed by atoms with Crippen LogP contribution in [0.3, 0.4) is 0 Å². The van der Waals surface area contributed by atoms with Crippen molar-refractivity contribution in [1.82, 2.24) is 10.6 Å². The van der Waals surface area contributed by atoms with Gasteiger partial charge in [-0.2, -0.15) is 0 Å². The van der Waals surface area contributed by atoms with Gasteiger partial charge in [-0.05, 0) is 84.6 Å². The summed E-state index contributed by atoms with van der Waals surface area (Å²) in [6.45, 7) is 11.0. The first-order valence-electron chi connectivity index (χ1n) is 10.2. The molecule has 6 aliphatic rings. The Kier molecular flexibility index (Phi) is 2.66. The van der Waals surface area contributed by atoms with Gasteiger partial charge >= 0.3 is 0 Å². The lowest BCUT2D eigenvalue weighted by atomic mass is 9.71. The van der Waals surface area contributed by atoms with Crippen molar-refractivity contribution in [1.29, 1.82) is 0 Å². The lowest BCUT2D eigenvalue weighted by Gasteiger charge is -2.39. The number of nitrogens with one attached hydrogen (secondary N) is 2. The Morgan fingerprint density at radius 2 is 1.96 bits per heavy atom. The van der Waals surface area contributed by atoms with Gasteiger partial charge in [-0.25, -0.2) is 0 Å². The first kappa shape index (κ1) is 14.1. The van der Waals surface area contributed by atoms with Gasteiger partial charge < -0.3 is 15.4 Å². The van der Waals surface area contributed by atoms with Gasteiger partial charge in [-0.3, -0.25) is 0 Å². The van der Waals surface area contributed by atoms with Crippen molar-refractivity contribution in [2.45, 2.75) is 39.2 Å². The average molecular weight is 316 g/mol. The van der Waals surface area contributed by atoms with Gasteiger partial charge in [0.1, 0.15) is 0 Å². The molecule has 23 heavy (non-hydrogen) atoms. The summed E-state index contributed by atoms with van der Waals surface area (Å²) in [6, 6.07) is 0.814. The van der Waals surface area contributed by atoms with Crippen LogP contribution < -0.4 is 10.6 Å². The summed E-state index contributed by atoms with van der Waals surface area (Å²) in [4.78, 5) is 0. The molecule has 0 aromatic rings. The predicted molar refractivity (Wildman–Crippen MR) is 90.0 cm³/mol. The lowest BCUT2D eigenvalue weighted by Crippen LogP contribution is -2.40.